The Morgan fingerprint density at radius 3 is 2.52 bits per heavy atom. The minimum Gasteiger partial charge on any atom is -0.465 e. The van der Waals surface area contributed by atoms with E-state index in [2.05, 4.69) is 31.9 Å². The van der Waals surface area contributed by atoms with E-state index >= 15 is 0 Å². The number of esters is 1. The summed E-state index contributed by atoms with van der Waals surface area (Å²) in [5.74, 6) is 0.318. The van der Waals surface area contributed by atoms with Crippen molar-refractivity contribution >= 4 is 40.7 Å². The maximum absolute atomic E-state index is 11.7. The quantitative estimate of drug-likeness (QED) is 0.630. The second-order valence-corrected chi connectivity index (χ2v) is 6.39. The molecule has 0 atom stereocenters. The summed E-state index contributed by atoms with van der Waals surface area (Å²) in [4.78, 5) is 16.1. The molecule has 1 heterocycles. The number of methoxy groups -OCH3 is 1. The summed E-state index contributed by atoms with van der Waals surface area (Å²) >= 11 is 6.20. The van der Waals surface area contributed by atoms with Gasteiger partial charge in [-0.1, -0.05) is 17.7 Å². The predicted octanol–water partition coefficient (Wildman–Crippen LogP) is 4.42. The molecule has 0 aliphatic heterocycles. The summed E-state index contributed by atoms with van der Waals surface area (Å²) in [7, 11) is 1.32. The zero-order valence-corrected chi connectivity index (χ0v) is 15.8. The van der Waals surface area contributed by atoms with Crippen LogP contribution < -0.4 is 10.6 Å². The zero-order valence-electron chi connectivity index (χ0n) is 15.1. The first-order valence-corrected chi connectivity index (χ1v) is 8.52. The largest absolute Gasteiger partial charge is 0.465 e. The Bertz CT molecular complexity index is 973. The molecule has 0 radical (unpaired) electrons. The lowest BCUT2D eigenvalue weighted by Gasteiger charge is -2.11. The second-order valence-electron chi connectivity index (χ2n) is 5.98. The lowest BCUT2D eigenvalue weighted by Crippen LogP contribution is -2.05. The number of aromatic nitrogens is 3. The molecule has 0 spiro atoms. The van der Waals surface area contributed by atoms with Crippen LogP contribution in [0.3, 0.4) is 0 Å². The van der Waals surface area contributed by atoms with Crippen molar-refractivity contribution in [1.82, 2.24) is 15.2 Å². The van der Waals surface area contributed by atoms with Crippen LogP contribution in [0, 0.1) is 13.8 Å². The fraction of sp³-hybridized carbons (Fsp3) is 0.158. The molecule has 0 bridgehead atoms. The van der Waals surface area contributed by atoms with Crippen molar-refractivity contribution in [2.75, 3.05) is 17.7 Å². The van der Waals surface area contributed by atoms with Crippen molar-refractivity contribution in [3.8, 4) is 0 Å². The van der Waals surface area contributed by atoms with Crippen LogP contribution in [0.1, 0.15) is 21.5 Å². The highest BCUT2D eigenvalue weighted by Crippen LogP contribution is 2.26. The number of halogens is 1. The minimum atomic E-state index is -0.451. The molecule has 0 aliphatic carbocycles. The zero-order chi connectivity index (χ0) is 19.4. The molecule has 138 valence electrons. The maximum atomic E-state index is 11.7. The lowest BCUT2D eigenvalue weighted by molar-refractivity contribution is 0.0601. The molecule has 2 N–H and O–H groups in total. The Labute approximate surface area is 161 Å². The number of benzene rings is 2. The van der Waals surface area contributed by atoms with E-state index in [0.717, 1.165) is 16.8 Å². The van der Waals surface area contributed by atoms with Crippen LogP contribution in [0.5, 0.6) is 0 Å². The van der Waals surface area contributed by atoms with E-state index in [4.69, 9.17) is 16.3 Å². The van der Waals surface area contributed by atoms with E-state index in [1.807, 2.05) is 26.0 Å². The molecule has 3 aromatic rings. The Morgan fingerprint density at radius 2 is 1.81 bits per heavy atom. The van der Waals surface area contributed by atoms with Gasteiger partial charge in [-0.15, -0.1) is 5.10 Å². The molecule has 0 unspecified atom stereocenters. The Balaban J connectivity index is 1.83. The average molecular weight is 384 g/mol. The SMILES string of the molecule is COC(=O)c1ccc(Cl)c(Nc2cnnc(Nc3cc(C)cc(C)c3)n2)c1. The monoisotopic (exact) mass is 383 g/mol. The van der Waals surface area contributed by atoms with Crippen LogP contribution in [0.2, 0.25) is 5.02 Å². The van der Waals surface area contributed by atoms with Gasteiger partial charge in [0.15, 0.2) is 5.82 Å². The first-order valence-electron chi connectivity index (χ1n) is 8.14. The van der Waals surface area contributed by atoms with Crippen LogP contribution in [0.15, 0.2) is 42.6 Å². The number of rotatable bonds is 5. The average Bonchev–Trinajstić information content (AvgIpc) is 2.62. The maximum Gasteiger partial charge on any atom is 0.337 e. The summed E-state index contributed by atoms with van der Waals surface area (Å²) in [6, 6.07) is 10.9. The Hall–Kier alpha value is -3.19. The van der Waals surface area contributed by atoms with Crippen molar-refractivity contribution in [2.24, 2.45) is 0 Å². The second kappa shape index (κ2) is 8.01. The molecule has 27 heavy (non-hydrogen) atoms. The summed E-state index contributed by atoms with van der Waals surface area (Å²) in [5.41, 5.74) is 4.02. The normalized spacial score (nSPS) is 10.4. The van der Waals surface area contributed by atoms with E-state index in [-0.39, 0.29) is 0 Å². The van der Waals surface area contributed by atoms with Gasteiger partial charge in [-0.25, -0.2) is 4.79 Å². The van der Waals surface area contributed by atoms with Crippen molar-refractivity contribution < 1.29 is 9.53 Å². The van der Waals surface area contributed by atoms with E-state index in [1.54, 1.807) is 18.2 Å². The smallest absolute Gasteiger partial charge is 0.337 e. The van der Waals surface area contributed by atoms with Gasteiger partial charge in [0.25, 0.3) is 0 Å². The highest BCUT2D eigenvalue weighted by molar-refractivity contribution is 6.33. The molecule has 1 aromatic heterocycles. The molecular weight excluding hydrogens is 366 g/mol. The third-order valence-corrected chi connectivity index (χ3v) is 4.02. The van der Waals surface area contributed by atoms with E-state index in [1.165, 1.54) is 13.3 Å². The number of hydrogen-bond donors (Lipinski definition) is 2. The first kappa shape index (κ1) is 18.6. The van der Waals surface area contributed by atoms with E-state index < -0.39 is 5.97 Å². The number of nitrogens with one attached hydrogen (secondary N) is 2. The standard InChI is InChI=1S/C19H18ClN5O2/c1-11-6-12(2)8-14(7-11)22-19-24-17(10-21-25-19)23-16-9-13(18(26)27-3)4-5-15(16)20/h4-10H,1-3H3,(H2,22,23,24,25). The summed E-state index contributed by atoms with van der Waals surface area (Å²) < 4.78 is 4.73. The number of carbonyl (C=O) groups is 1. The summed E-state index contributed by atoms with van der Waals surface area (Å²) in [6.45, 7) is 4.04. The molecule has 0 fully saturated rings. The summed E-state index contributed by atoms with van der Waals surface area (Å²) in [6.07, 6.45) is 1.47. The molecule has 3 rings (SSSR count). The van der Waals surface area contributed by atoms with Crippen molar-refractivity contribution in [3.05, 3.63) is 64.3 Å². The summed E-state index contributed by atoms with van der Waals surface area (Å²) in [5, 5.41) is 14.6. The van der Waals surface area contributed by atoms with Crippen LogP contribution in [0.25, 0.3) is 0 Å². The van der Waals surface area contributed by atoms with Gasteiger partial charge in [0, 0.05) is 5.69 Å². The third-order valence-electron chi connectivity index (χ3n) is 3.69. The minimum absolute atomic E-state index is 0.338. The predicted molar refractivity (Wildman–Crippen MR) is 105 cm³/mol. The van der Waals surface area contributed by atoms with Crippen molar-refractivity contribution in [1.29, 1.82) is 0 Å². The van der Waals surface area contributed by atoms with Gasteiger partial charge in [0.1, 0.15) is 0 Å². The molecular formula is C19H18ClN5O2. The van der Waals surface area contributed by atoms with Gasteiger partial charge in [0.05, 0.1) is 29.6 Å². The molecule has 0 aliphatic rings. The number of hydrogen-bond acceptors (Lipinski definition) is 7. The van der Waals surface area contributed by atoms with Crippen LogP contribution >= 0.6 is 11.6 Å². The Morgan fingerprint density at radius 1 is 1.07 bits per heavy atom. The lowest BCUT2D eigenvalue weighted by atomic mass is 10.1. The number of aryl methyl sites for hydroxylation is 2. The van der Waals surface area contributed by atoms with Crippen LogP contribution in [0.4, 0.5) is 23.1 Å². The third kappa shape index (κ3) is 4.71. The van der Waals surface area contributed by atoms with Crippen molar-refractivity contribution in [3.63, 3.8) is 0 Å². The number of nitrogens with zero attached hydrogens (tertiary/aromatic N) is 3. The highest BCUT2D eigenvalue weighted by Gasteiger charge is 2.10. The number of anilines is 4. The van der Waals surface area contributed by atoms with Gasteiger partial charge in [0.2, 0.25) is 5.95 Å². The molecule has 0 saturated carbocycles. The van der Waals surface area contributed by atoms with E-state index in [9.17, 15) is 4.79 Å². The number of carbonyl (C=O) groups excluding carboxylic acids is 1. The highest BCUT2D eigenvalue weighted by atomic mass is 35.5. The molecule has 0 saturated heterocycles. The van der Waals surface area contributed by atoms with Gasteiger partial charge in [-0.3, -0.25) is 0 Å². The van der Waals surface area contributed by atoms with E-state index in [0.29, 0.717) is 28.0 Å². The van der Waals surface area contributed by atoms with Gasteiger partial charge in [-0.05, 0) is 55.3 Å². The van der Waals surface area contributed by atoms with Gasteiger partial charge >= 0.3 is 5.97 Å². The topological polar surface area (TPSA) is 89.0 Å². The van der Waals surface area contributed by atoms with Crippen molar-refractivity contribution in [2.45, 2.75) is 13.8 Å². The Kier molecular flexibility index (Phi) is 5.52. The van der Waals surface area contributed by atoms with Crippen LogP contribution in [-0.4, -0.2) is 28.3 Å². The number of ether oxygens (including phenoxy) is 1. The fourth-order valence-electron chi connectivity index (χ4n) is 2.60. The molecule has 2 aromatic carbocycles. The van der Waals surface area contributed by atoms with Gasteiger partial charge in [-0.2, -0.15) is 10.1 Å². The molecule has 8 heteroatoms. The fourth-order valence-corrected chi connectivity index (χ4v) is 2.76. The van der Waals surface area contributed by atoms with Gasteiger partial charge < -0.3 is 15.4 Å². The first-order chi connectivity index (χ1) is 12.9. The molecule has 7 nitrogen and oxygen atoms in total. The molecule has 0 amide bonds. The van der Waals surface area contributed by atoms with Crippen LogP contribution in [-0.2, 0) is 4.74 Å².